The van der Waals surface area contributed by atoms with E-state index in [0.717, 1.165) is 13.1 Å². The molecule has 0 aliphatic carbocycles. The minimum Gasteiger partial charge on any atom is -0.312 e. The minimum absolute atomic E-state index is 0. The van der Waals surface area contributed by atoms with Crippen LogP contribution in [0.3, 0.4) is 0 Å². The molecule has 0 amide bonds. The van der Waals surface area contributed by atoms with Gasteiger partial charge in [-0.15, -0.1) is 0 Å². The summed E-state index contributed by atoms with van der Waals surface area (Å²) in [4.78, 5) is 2.22. The van der Waals surface area contributed by atoms with Gasteiger partial charge < -0.3 is 10.2 Å². The van der Waals surface area contributed by atoms with E-state index in [1.165, 1.54) is 0 Å². The van der Waals surface area contributed by atoms with Crippen molar-refractivity contribution in [3.05, 3.63) is 0 Å². The Morgan fingerprint density at radius 2 is 1.71 bits per heavy atom. The second-order valence-corrected chi connectivity index (χ2v) is 5.85. The monoisotopic (exact) mass is 202 g/mol. The van der Waals surface area contributed by atoms with E-state index >= 15 is 0 Å². The molecule has 1 N–H and O–H groups in total. The molecule has 0 aromatic rings. The van der Waals surface area contributed by atoms with Crippen molar-refractivity contribution in [2.24, 2.45) is 11.3 Å². The molecule has 88 valence electrons. The average Bonchev–Trinajstić information content (AvgIpc) is 1.94. The van der Waals surface area contributed by atoms with E-state index in [1.54, 1.807) is 0 Å². The van der Waals surface area contributed by atoms with E-state index in [-0.39, 0.29) is 1.43 Å². The molecular formula is C12H30N2. The lowest BCUT2D eigenvalue weighted by Crippen LogP contribution is -2.46. The van der Waals surface area contributed by atoms with Gasteiger partial charge in [-0.2, -0.15) is 0 Å². The highest BCUT2D eigenvalue weighted by atomic mass is 15.1. The summed E-state index contributed by atoms with van der Waals surface area (Å²) < 4.78 is 0. The highest BCUT2D eigenvalue weighted by Gasteiger charge is 2.26. The summed E-state index contributed by atoms with van der Waals surface area (Å²) in [7, 11) is 4.23. The first kappa shape index (κ1) is 13.9. The van der Waals surface area contributed by atoms with Crippen molar-refractivity contribution in [1.29, 1.82) is 0 Å². The van der Waals surface area contributed by atoms with Crippen LogP contribution in [0.4, 0.5) is 0 Å². The van der Waals surface area contributed by atoms with Gasteiger partial charge in [-0.25, -0.2) is 0 Å². The summed E-state index contributed by atoms with van der Waals surface area (Å²) >= 11 is 0. The van der Waals surface area contributed by atoms with Crippen LogP contribution in [-0.2, 0) is 0 Å². The smallest absolute Gasteiger partial charge is 0.0139 e. The van der Waals surface area contributed by atoms with Gasteiger partial charge in [-0.3, -0.25) is 0 Å². The predicted molar refractivity (Wildman–Crippen MR) is 66.8 cm³/mol. The molecule has 0 fully saturated rings. The van der Waals surface area contributed by atoms with Crippen molar-refractivity contribution in [3.63, 3.8) is 0 Å². The molecule has 0 aromatic carbocycles. The minimum atomic E-state index is 0. The van der Waals surface area contributed by atoms with E-state index in [4.69, 9.17) is 0 Å². The Bertz CT molecular complexity index is 150. The summed E-state index contributed by atoms with van der Waals surface area (Å²) in [6.45, 7) is 13.7. The van der Waals surface area contributed by atoms with Crippen molar-refractivity contribution < 1.29 is 1.43 Å². The van der Waals surface area contributed by atoms with Crippen molar-refractivity contribution in [3.8, 4) is 0 Å². The Labute approximate surface area is 91.5 Å². The van der Waals surface area contributed by atoms with Gasteiger partial charge in [0.1, 0.15) is 0 Å². The van der Waals surface area contributed by atoms with Gasteiger partial charge in [-0.05, 0) is 25.4 Å². The van der Waals surface area contributed by atoms with Crippen LogP contribution < -0.4 is 5.32 Å². The lowest BCUT2D eigenvalue weighted by Gasteiger charge is -2.35. The van der Waals surface area contributed by atoms with Crippen molar-refractivity contribution in [2.75, 3.05) is 27.2 Å². The molecule has 0 saturated carbocycles. The first-order valence-electron chi connectivity index (χ1n) is 5.63. The highest BCUT2D eigenvalue weighted by Crippen LogP contribution is 2.24. The molecule has 0 saturated heterocycles. The van der Waals surface area contributed by atoms with Crippen LogP contribution in [0.25, 0.3) is 0 Å². The summed E-state index contributed by atoms with van der Waals surface area (Å²) in [6.07, 6.45) is 0. The van der Waals surface area contributed by atoms with Crippen LogP contribution in [0.1, 0.15) is 36.0 Å². The molecule has 1 atom stereocenters. The highest BCUT2D eigenvalue weighted by molar-refractivity contribution is 4.83. The summed E-state index contributed by atoms with van der Waals surface area (Å²) in [5.74, 6) is 0.692. The van der Waals surface area contributed by atoms with Gasteiger partial charge in [0.05, 0.1) is 0 Å². The number of hydrogen-bond donors (Lipinski definition) is 1. The molecule has 0 aromatic heterocycles. The Morgan fingerprint density at radius 1 is 1.21 bits per heavy atom. The molecule has 14 heavy (non-hydrogen) atoms. The number of nitrogens with zero attached hydrogens (tertiary/aromatic N) is 1. The van der Waals surface area contributed by atoms with E-state index in [9.17, 15) is 0 Å². The fraction of sp³-hybridized carbons (Fsp3) is 1.00. The Hall–Kier alpha value is -0.0800. The second-order valence-electron chi connectivity index (χ2n) is 5.85. The summed E-state index contributed by atoms with van der Waals surface area (Å²) in [6, 6.07) is 0.599. The largest absolute Gasteiger partial charge is 0.312 e. The van der Waals surface area contributed by atoms with Gasteiger partial charge in [0.2, 0.25) is 0 Å². The van der Waals surface area contributed by atoms with Crippen LogP contribution in [0.15, 0.2) is 0 Å². The van der Waals surface area contributed by atoms with E-state index in [0.29, 0.717) is 17.4 Å². The zero-order chi connectivity index (χ0) is 11.4. The van der Waals surface area contributed by atoms with Crippen LogP contribution >= 0.6 is 0 Å². The molecule has 2 nitrogen and oxygen atoms in total. The molecule has 0 unspecified atom stereocenters. The van der Waals surface area contributed by atoms with Gasteiger partial charge in [0.25, 0.3) is 0 Å². The topological polar surface area (TPSA) is 15.3 Å². The Kier molecular flexibility index (Phi) is 5.68. The van der Waals surface area contributed by atoms with Crippen LogP contribution in [0.2, 0.25) is 0 Å². The van der Waals surface area contributed by atoms with Crippen LogP contribution in [0.5, 0.6) is 0 Å². The molecular weight excluding hydrogens is 172 g/mol. The lowest BCUT2D eigenvalue weighted by molar-refractivity contribution is 0.206. The van der Waals surface area contributed by atoms with Gasteiger partial charge in [0.15, 0.2) is 0 Å². The Morgan fingerprint density at radius 3 is 2.00 bits per heavy atom. The third kappa shape index (κ3) is 5.61. The van der Waals surface area contributed by atoms with Gasteiger partial charge in [-0.1, -0.05) is 34.6 Å². The molecule has 0 bridgehead atoms. The normalized spacial score (nSPS) is 15.2. The second kappa shape index (κ2) is 5.72. The van der Waals surface area contributed by atoms with E-state index in [2.05, 4.69) is 58.9 Å². The fourth-order valence-corrected chi connectivity index (χ4v) is 1.99. The van der Waals surface area contributed by atoms with Crippen molar-refractivity contribution >= 4 is 0 Å². The van der Waals surface area contributed by atoms with Crippen molar-refractivity contribution in [2.45, 2.75) is 40.7 Å². The molecule has 0 radical (unpaired) electrons. The fourth-order valence-electron chi connectivity index (χ4n) is 1.99. The lowest BCUT2D eigenvalue weighted by atomic mass is 9.80. The Balaban J connectivity index is 0. The number of likely N-dealkylation sites (N-methyl/N-ethyl adjacent to an activating group) is 1. The van der Waals surface area contributed by atoms with Gasteiger partial charge >= 0.3 is 0 Å². The standard InChI is InChI=1S/C12H28N2.H2/c1-10(2)11(12(3,4)5)13-8-9-14(6)7;/h10-11,13H,8-9H2,1-7H3;1H/t11-;/m1./s1. The van der Waals surface area contributed by atoms with Crippen LogP contribution in [0, 0.1) is 11.3 Å². The summed E-state index contributed by atoms with van der Waals surface area (Å²) in [5, 5.41) is 3.65. The van der Waals surface area contributed by atoms with E-state index in [1.807, 2.05) is 0 Å². The van der Waals surface area contributed by atoms with Gasteiger partial charge in [0, 0.05) is 20.6 Å². The maximum atomic E-state index is 3.65. The first-order valence-corrected chi connectivity index (χ1v) is 5.63. The SMILES string of the molecule is CC(C)[C@@H](NCCN(C)C)C(C)(C)C.[HH]. The predicted octanol–water partition coefficient (Wildman–Crippen LogP) is 2.45. The molecule has 0 aliphatic rings. The first-order chi connectivity index (χ1) is 6.25. The molecule has 0 heterocycles. The third-order valence-corrected chi connectivity index (χ3v) is 2.52. The van der Waals surface area contributed by atoms with Crippen LogP contribution in [-0.4, -0.2) is 38.1 Å². The van der Waals surface area contributed by atoms with Crippen molar-refractivity contribution in [1.82, 2.24) is 10.2 Å². The van der Waals surface area contributed by atoms with E-state index < -0.39 is 0 Å². The number of hydrogen-bond acceptors (Lipinski definition) is 2. The third-order valence-electron chi connectivity index (χ3n) is 2.52. The molecule has 2 heteroatoms. The molecule has 0 aliphatic heterocycles. The quantitative estimate of drug-likeness (QED) is 0.737. The summed E-state index contributed by atoms with van der Waals surface area (Å²) in [5.41, 5.74) is 0.348. The molecule has 0 rings (SSSR count). The maximum absolute atomic E-state index is 3.65. The maximum Gasteiger partial charge on any atom is 0.0139 e. The zero-order valence-electron chi connectivity index (χ0n) is 11.0. The average molecular weight is 202 g/mol. The zero-order valence-corrected chi connectivity index (χ0v) is 11.0. The molecule has 0 spiro atoms. The number of rotatable bonds is 5. The number of nitrogens with one attached hydrogen (secondary N) is 1.